The number of aromatic nitrogens is 4. The number of nitrogens with zero attached hydrogens (tertiary/aromatic N) is 4. The Morgan fingerprint density at radius 2 is 2.00 bits per heavy atom. The van der Waals surface area contributed by atoms with Crippen LogP contribution in [0, 0.1) is 0 Å². The van der Waals surface area contributed by atoms with Crippen molar-refractivity contribution >= 4 is 10.9 Å². The summed E-state index contributed by atoms with van der Waals surface area (Å²) in [5.74, 6) is -0.203. The van der Waals surface area contributed by atoms with Crippen molar-refractivity contribution in [3.05, 3.63) is 57.9 Å². The van der Waals surface area contributed by atoms with E-state index in [4.69, 9.17) is 0 Å². The smallest absolute Gasteiger partial charge is 0.311 e. The summed E-state index contributed by atoms with van der Waals surface area (Å²) in [6.45, 7) is 1.95. The average Bonchev–Trinajstić information content (AvgIpc) is 3.40. The van der Waals surface area contributed by atoms with Gasteiger partial charge in [-0.25, -0.2) is 0 Å². The Balaban J connectivity index is 1.80. The Bertz CT molecular complexity index is 1050. The van der Waals surface area contributed by atoms with Crippen molar-refractivity contribution in [1.29, 1.82) is 0 Å². The summed E-state index contributed by atoms with van der Waals surface area (Å²) in [6, 6.07) is 4.59. The van der Waals surface area contributed by atoms with E-state index in [1.807, 2.05) is 13.0 Å². The summed E-state index contributed by atoms with van der Waals surface area (Å²) in [4.78, 5) is 16.3. The summed E-state index contributed by atoms with van der Waals surface area (Å²) in [5.41, 5.74) is 0.858. The fraction of sp³-hybridized carbons (Fsp3) is 0.421. The number of alkyl halides is 3. The molecule has 1 atom stereocenters. The molecule has 27 heavy (non-hydrogen) atoms. The van der Waals surface area contributed by atoms with Gasteiger partial charge < -0.3 is 4.57 Å². The maximum Gasteiger partial charge on any atom is 0.433 e. The molecular weight excluding hydrogens is 357 g/mol. The van der Waals surface area contributed by atoms with Gasteiger partial charge in [-0.15, -0.1) is 0 Å². The Kier molecular flexibility index (Phi) is 4.09. The highest BCUT2D eigenvalue weighted by molar-refractivity contribution is 5.81. The standard InChI is InChI=1S/C19H19F3N4O/c1-3-13(11-4-7-15(23-10-11)19(20,21)22)17-14-8-9-26(12-5-6-12)18(27)16(14)24-25(17)2/h4,7-10,12-13H,3,5-6H2,1-2H3. The molecule has 1 unspecified atom stereocenters. The summed E-state index contributed by atoms with van der Waals surface area (Å²) >= 11 is 0. The van der Waals surface area contributed by atoms with E-state index < -0.39 is 11.9 Å². The van der Waals surface area contributed by atoms with Gasteiger partial charge in [0, 0.05) is 36.8 Å². The number of hydrogen-bond acceptors (Lipinski definition) is 3. The topological polar surface area (TPSA) is 52.7 Å². The van der Waals surface area contributed by atoms with Crippen molar-refractivity contribution in [1.82, 2.24) is 19.3 Å². The van der Waals surface area contributed by atoms with E-state index >= 15 is 0 Å². The van der Waals surface area contributed by atoms with Crippen molar-refractivity contribution in [2.24, 2.45) is 7.05 Å². The van der Waals surface area contributed by atoms with Crippen LogP contribution in [-0.4, -0.2) is 19.3 Å². The van der Waals surface area contributed by atoms with Crippen LogP contribution < -0.4 is 5.56 Å². The van der Waals surface area contributed by atoms with Crippen LogP contribution in [0.4, 0.5) is 13.2 Å². The molecule has 0 spiro atoms. The first-order valence-electron chi connectivity index (χ1n) is 8.92. The lowest BCUT2D eigenvalue weighted by Gasteiger charge is -2.17. The quantitative estimate of drug-likeness (QED) is 0.691. The number of hydrogen-bond donors (Lipinski definition) is 0. The first kappa shape index (κ1) is 17.8. The minimum atomic E-state index is -4.46. The number of aryl methyl sites for hydroxylation is 1. The van der Waals surface area contributed by atoms with Crippen LogP contribution in [0.5, 0.6) is 0 Å². The second kappa shape index (κ2) is 6.21. The molecule has 1 aliphatic rings. The predicted octanol–water partition coefficient (Wildman–Crippen LogP) is 4.03. The summed E-state index contributed by atoms with van der Waals surface area (Å²) in [7, 11) is 1.76. The van der Waals surface area contributed by atoms with E-state index in [1.54, 1.807) is 22.5 Å². The van der Waals surface area contributed by atoms with Gasteiger partial charge in [0.2, 0.25) is 0 Å². The highest BCUT2D eigenvalue weighted by Crippen LogP contribution is 2.36. The number of rotatable bonds is 4. The van der Waals surface area contributed by atoms with Crippen LogP contribution >= 0.6 is 0 Å². The molecule has 8 heteroatoms. The zero-order chi connectivity index (χ0) is 19.3. The molecule has 3 heterocycles. The molecule has 0 radical (unpaired) electrons. The lowest BCUT2D eigenvalue weighted by Crippen LogP contribution is -2.18. The lowest BCUT2D eigenvalue weighted by atomic mass is 9.92. The van der Waals surface area contributed by atoms with Gasteiger partial charge in [-0.05, 0) is 37.0 Å². The van der Waals surface area contributed by atoms with Gasteiger partial charge in [-0.3, -0.25) is 14.5 Å². The van der Waals surface area contributed by atoms with Crippen molar-refractivity contribution in [2.75, 3.05) is 0 Å². The molecule has 0 saturated heterocycles. The Morgan fingerprint density at radius 3 is 2.56 bits per heavy atom. The fourth-order valence-electron chi connectivity index (χ4n) is 3.64. The van der Waals surface area contributed by atoms with Crippen LogP contribution in [0.3, 0.4) is 0 Å². The predicted molar refractivity (Wildman–Crippen MR) is 94.6 cm³/mol. The van der Waals surface area contributed by atoms with Gasteiger partial charge in [0.05, 0.1) is 5.69 Å². The van der Waals surface area contributed by atoms with Crippen molar-refractivity contribution < 1.29 is 13.2 Å². The molecule has 0 N–H and O–H groups in total. The molecule has 0 aliphatic heterocycles. The van der Waals surface area contributed by atoms with E-state index in [2.05, 4.69) is 10.1 Å². The molecule has 3 aromatic rings. The third-order valence-corrected chi connectivity index (χ3v) is 5.13. The zero-order valence-electron chi connectivity index (χ0n) is 15.0. The van der Waals surface area contributed by atoms with Crippen LogP contribution in [-0.2, 0) is 13.2 Å². The normalized spacial score (nSPS) is 16.0. The summed E-state index contributed by atoms with van der Waals surface area (Å²) in [6.07, 6.45) is 1.24. The van der Waals surface area contributed by atoms with E-state index in [0.29, 0.717) is 17.5 Å². The monoisotopic (exact) mass is 376 g/mol. The van der Waals surface area contributed by atoms with Gasteiger partial charge in [0.25, 0.3) is 5.56 Å². The maximum absolute atomic E-state index is 12.8. The third-order valence-electron chi connectivity index (χ3n) is 5.13. The second-order valence-corrected chi connectivity index (χ2v) is 6.97. The summed E-state index contributed by atoms with van der Waals surface area (Å²) < 4.78 is 41.7. The van der Waals surface area contributed by atoms with Gasteiger partial charge in [-0.2, -0.15) is 18.3 Å². The van der Waals surface area contributed by atoms with E-state index in [0.717, 1.165) is 30.0 Å². The Labute approximate surface area is 153 Å². The Hall–Kier alpha value is -2.64. The fourth-order valence-corrected chi connectivity index (χ4v) is 3.64. The number of fused-ring (bicyclic) bond motifs is 1. The molecular formula is C19H19F3N4O. The largest absolute Gasteiger partial charge is 0.433 e. The minimum Gasteiger partial charge on any atom is -0.311 e. The zero-order valence-corrected chi connectivity index (χ0v) is 15.0. The molecule has 1 aliphatic carbocycles. The average molecular weight is 376 g/mol. The van der Waals surface area contributed by atoms with Gasteiger partial charge in [-0.1, -0.05) is 13.0 Å². The molecule has 4 rings (SSSR count). The molecule has 0 amide bonds. The highest BCUT2D eigenvalue weighted by atomic mass is 19.4. The van der Waals surface area contributed by atoms with Crippen molar-refractivity contribution in [3.63, 3.8) is 0 Å². The summed E-state index contributed by atoms with van der Waals surface area (Å²) in [5, 5.41) is 5.16. The molecule has 142 valence electrons. The molecule has 1 saturated carbocycles. The van der Waals surface area contributed by atoms with E-state index in [-0.39, 0.29) is 17.5 Å². The molecule has 1 fully saturated rings. The van der Waals surface area contributed by atoms with E-state index in [1.165, 1.54) is 12.3 Å². The third kappa shape index (κ3) is 3.02. The van der Waals surface area contributed by atoms with Crippen LogP contribution in [0.2, 0.25) is 0 Å². The number of pyridine rings is 2. The van der Waals surface area contributed by atoms with Crippen LogP contribution in [0.15, 0.2) is 35.4 Å². The van der Waals surface area contributed by atoms with Crippen molar-refractivity contribution in [2.45, 2.75) is 44.3 Å². The molecule has 0 aromatic carbocycles. The molecule has 3 aromatic heterocycles. The first-order valence-corrected chi connectivity index (χ1v) is 8.92. The van der Waals surface area contributed by atoms with Crippen LogP contribution in [0.1, 0.15) is 55.1 Å². The van der Waals surface area contributed by atoms with Gasteiger partial charge in [0.15, 0.2) is 5.52 Å². The minimum absolute atomic E-state index is 0.114. The second-order valence-electron chi connectivity index (χ2n) is 6.97. The first-order chi connectivity index (χ1) is 12.8. The van der Waals surface area contributed by atoms with Gasteiger partial charge >= 0.3 is 6.18 Å². The Morgan fingerprint density at radius 1 is 1.26 bits per heavy atom. The lowest BCUT2D eigenvalue weighted by molar-refractivity contribution is -0.141. The molecule has 5 nitrogen and oxygen atoms in total. The molecule has 0 bridgehead atoms. The maximum atomic E-state index is 12.8. The van der Waals surface area contributed by atoms with Crippen LogP contribution in [0.25, 0.3) is 10.9 Å². The van der Waals surface area contributed by atoms with Crippen molar-refractivity contribution in [3.8, 4) is 0 Å². The SMILES string of the molecule is CCC(c1ccc(C(F)(F)F)nc1)c1c2ccn(C3CC3)c(=O)c2nn1C. The number of halogens is 3. The van der Waals surface area contributed by atoms with Gasteiger partial charge in [0.1, 0.15) is 5.69 Å². The van der Waals surface area contributed by atoms with E-state index in [9.17, 15) is 18.0 Å². The highest BCUT2D eigenvalue weighted by Gasteiger charge is 2.33.